The molecule has 2 amide bonds. The highest BCUT2D eigenvalue weighted by Crippen LogP contribution is 2.21. The van der Waals surface area contributed by atoms with E-state index < -0.39 is 35.9 Å². The van der Waals surface area contributed by atoms with Crippen LogP contribution in [0.1, 0.15) is 15.9 Å². The van der Waals surface area contributed by atoms with Crippen LogP contribution in [0, 0.1) is 17.0 Å². The van der Waals surface area contributed by atoms with E-state index >= 15 is 0 Å². The van der Waals surface area contributed by atoms with Gasteiger partial charge in [-0.25, -0.2) is 0 Å². The molecule has 0 aliphatic heterocycles. The van der Waals surface area contributed by atoms with Crippen LogP contribution in [0.25, 0.3) is 0 Å². The zero-order valence-corrected chi connectivity index (χ0v) is 15.8. The minimum atomic E-state index is -0.820. The van der Waals surface area contributed by atoms with Crippen molar-refractivity contribution < 1.29 is 28.8 Å². The second kappa shape index (κ2) is 9.83. The van der Waals surface area contributed by atoms with Crippen LogP contribution >= 0.6 is 0 Å². The molecule has 0 heterocycles. The van der Waals surface area contributed by atoms with Gasteiger partial charge in [-0.15, -0.1) is 0 Å². The lowest BCUT2D eigenvalue weighted by Crippen LogP contribution is -2.32. The summed E-state index contributed by atoms with van der Waals surface area (Å²) < 4.78 is 9.88. The summed E-state index contributed by atoms with van der Waals surface area (Å²) in [5.41, 5.74) is 0.924. The third-order valence-corrected chi connectivity index (χ3v) is 3.82. The summed E-state index contributed by atoms with van der Waals surface area (Å²) in [4.78, 5) is 46.0. The maximum atomic E-state index is 12.1. The standard InChI is InChI=1S/C19H19N3O7/c1-12-7-8-13(22(26)27)9-15(12)21-17(23)11-29-18(24)10-20-19(25)14-5-3-4-6-16(14)28-2/h3-9H,10-11H2,1-2H3,(H,20,25)(H,21,23). The van der Waals surface area contributed by atoms with E-state index in [9.17, 15) is 24.5 Å². The van der Waals surface area contributed by atoms with Gasteiger partial charge in [-0.3, -0.25) is 24.5 Å². The first-order valence-electron chi connectivity index (χ1n) is 8.43. The SMILES string of the molecule is COc1ccccc1C(=O)NCC(=O)OCC(=O)Nc1cc([N+](=O)[O-])ccc1C. The third-order valence-electron chi connectivity index (χ3n) is 3.82. The number of carbonyl (C=O) groups excluding carboxylic acids is 3. The van der Waals surface area contributed by atoms with Gasteiger partial charge in [-0.1, -0.05) is 18.2 Å². The Morgan fingerprint density at radius 3 is 2.55 bits per heavy atom. The smallest absolute Gasteiger partial charge is 0.325 e. The Bertz CT molecular complexity index is 943. The van der Waals surface area contributed by atoms with Crippen LogP contribution in [-0.4, -0.2) is 43.0 Å². The van der Waals surface area contributed by atoms with Gasteiger partial charge in [0.15, 0.2) is 6.61 Å². The number of esters is 1. The van der Waals surface area contributed by atoms with E-state index in [-0.39, 0.29) is 16.9 Å². The average molecular weight is 401 g/mol. The number of hydrogen-bond donors (Lipinski definition) is 2. The van der Waals surface area contributed by atoms with Crippen molar-refractivity contribution in [2.24, 2.45) is 0 Å². The average Bonchev–Trinajstić information content (AvgIpc) is 2.71. The molecule has 0 aromatic heterocycles. The van der Waals surface area contributed by atoms with Crippen molar-refractivity contribution in [1.82, 2.24) is 5.32 Å². The molecule has 0 fully saturated rings. The van der Waals surface area contributed by atoms with Gasteiger partial charge in [0.05, 0.1) is 23.3 Å². The second-order valence-electron chi connectivity index (χ2n) is 5.85. The monoisotopic (exact) mass is 401 g/mol. The first-order chi connectivity index (χ1) is 13.8. The molecule has 0 saturated heterocycles. The number of nitro benzene ring substituents is 1. The summed E-state index contributed by atoms with van der Waals surface area (Å²) in [6.45, 7) is 0.615. The zero-order chi connectivity index (χ0) is 21.4. The van der Waals surface area contributed by atoms with E-state index in [1.807, 2.05) is 0 Å². The molecule has 2 aromatic rings. The first-order valence-corrected chi connectivity index (χ1v) is 8.43. The number of hydrogen-bond acceptors (Lipinski definition) is 7. The molecular formula is C19H19N3O7. The molecule has 0 spiro atoms. The van der Waals surface area contributed by atoms with Gasteiger partial charge in [0.2, 0.25) is 0 Å². The van der Waals surface area contributed by atoms with Gasteiger partial charge in [-0.2, -0.15) is 0 Å². The second-order valence-corrected chi connectivity index (χ2v) is 5.85. The fraction of sp³-hybridized carbons (Fsp3) is 0.211. The summed E-state index contributed by atoms with van der Waals surface area (Å²) in [5, 5.41) is 15.6. The van der Waals surface area contributed by atoms with Gasteiger partial charge in [0.25, 0.3) is 17.5 Å². The number of ether oxygens (including phenoxy) is 2. The third kappa shape index (κ3) is 6.03. The van der Waals surface area contributed by atoms with Crippen LogP contribution in [0.5, 0.6) is 5.75 Å². The van der Waals surface area contributed by atoms with Gasteiger partial charge < -0.3 is 20.1 Å². The summed E-state index contributed by atoms with van der Waals surface area (Å²) >= 11 is 0. The number of methoxy groups -OCH3 is 1. The highest BCUT2D eigenvalue weighted by molar-refractivity contribution is 5.98. The maximum absolute atomic E-state index is 12.1. The molecule has 0 atom stereocenters. The molecule has 2 aromatic carbocycles. The lowest BCUT2D eigenvalue weighted by molar-refractivity contribution is -0.384. The molecule has 10 nitrogen and oxygen atoms in total. The van der Waals surface area contributed by atoms with Crippen LogP contribution in [-0.2, 0) is 14.3 Å². The van der Waals surface area contributed by atoms with Crippen molar-refractivity contribution >= 4 is 29.2 Å². The number of carbonyl (C=O) groups is 3. The van der Waals surface area contributed by atoms with Crippen LogP contribution in [0.2, 0.25) is 0 Å². The molecule has 0 radical (unpaired) electrons. The number of anilines is 1. The van der Waals surface area contributed by atoms with E-state index in [1.165, 1.54) is 31.4 Å². The summed E-state index contributed by atoms with van der Waals surface area (Å²) in [5.74, 6) is -1.67. The fourth-order valence-corrected chi connectivity index (χ4v) is 2.32. The topological polar surface area (TPSA) is 137 Å². The van der Waals surface area contributed by atoms with Crippen molar-refractivity contribution in [1.29, 1.82) is 0 Å². The molecule has 10 heteroatoms. The zero-order valence-electron chi connectivity index (χ0n) is 15.8. The Kier molecular flexibility index (Phi) is 7.24. The van der Waals surface area contributed by atoms with E-state index in [4.69, 9.17) is 9.47 Å². The number of amides is 2. The van der Waals surface area contributed by atoms with E-state index in [0.29, 0.717) is 11.3 Å². The predicted molar refractivity (Wildman–Crippen MR) is 103 cm³/mol. The molecule has 0 aliphatic rings. The Balaban J connectivity index is 1.83. The molecule has 2 N–H and O–H groups in total. The lowest BCUT2D eigenvalue weighted by atomic mass is 10.2. The highest BCUT2D eigenvalue weighted by atomic mass is 16.6. The largest absolute Gasteiger partial charge is 0.496 e. The first kappa shape index (κ1) is 21.4. The van der Waals surface area contributed by atoms with Crippen LogP contribution in [0.4, 0.5) is 11.4 Å². The van der Waals surface area contributed by atoms with Crippen molar-refractivity contribution in [3.05, 3.63) is 63.7 Å². The van der Waals surface area contributed by atoms with E-state index in [1.54, 1.807) is 25.1 Å². The number of rotatable bonds is 8. The van der Waals surface area contributed by atoms with Crippen molar-refractivity contribution in [2.45, 2.75) is 6.92 Å². The number of aryl methyl sites for hydroxylation is 1. The number of benzene rings is 2. The number of nitro groups is 1. The fourth-order valence-electron chi connectivity index (χ4n) is 2.32. The van der Waals surface area contributed by atoms with Gasteiger partial charge in [-0.05, 0) is 24.6 Å². The maximum Gasteiger partial charge on any atom is 0.325 e. The number of nitrogens with one attached hydrogen (secondary N) is 2. The number of non-ortho nitro benzene ring substituents is 1. The molecule has 152 valence electrons. The molecule has 0 bridgehead atoms. The Hall–Kier alpha value is -3.95. The van der Waals surface area contributed by atoms with Crippen molar-refractivity contribution in [2.75, 3.05) is 25.6 Å². The Morgan fingerprint density at radius 1 is 1.14 bits per heavy atom. The lowest BCUT2D eigenvalue weighted by Gasteiger charge is -2.10. The normalized spacial score (nSPS) is 10.0. The summed E-state index contributed by atoms with van der Waals surface area (Å²) in [6, 6.07) is 10.5. The molecule has 0 saturated carbocycles. The van der Waals surface area contributed by atoms with Crippen LogP contribution in [0.3, 0.4) is 0 Å². The Labute approximate surface area is 166 Å². The quantitative estimate of drug-likeness (QED) is 0.391. The van der Waals surface area contributed by atoms with Crippen molar-refractivity contribution in [3.63, 3.8) is 0 Å². The van der Waals surface area contributed by atoms with Crippen molar-refractivity contribution in [3.8, 4) is 5.75 Å². The van der Waals surface area contributed by atoms with E-state index in [0.717, 1.165) is 0 Å². The van der Waals surface area contributed by atoms with Crippen LogP contribution in [0.15, 0.2) is 42.5 Å². The molecule has 0 unspecified atom stereocenters. The molecule has 29 heavy (non-hydrogen) atoms. The molecular weight excluding hydrogens is 382 g/mol. The number of nitrogens with zero attached hydrogens (tertiary/aromatic N) is 1. The van der Waals surface area contributed by atoms with Gasteiger partial charge in [0.1, 0.15) is 12.3 Å². The highest BCUT2D eigenvalue weighted by Gasteiger charge is 2.15. The summed E-state index contributed by atoms with van der Waals surface area (Å²) in [6.07, 6.45) is 0. The van der Waals surface area contributed by atoms with Gasteiger partial charge in [0, 0.05) is 12.1 Å². The molecule has 0 aliphatic carbocycles. The minimum absolute atomic E-state index is 0.179. The summed E-state index contributed by atoms with van der Waals surface area (Å²) in [7, 11) is 1.42. The number of para-hydroxylation sites is 1. The van der Waals surface area contributed by atoms with E-state index in [2.05, 4.69) is 10.6 Å². The Morgan fingerprint density at radius 2 is 1.86 bits per heavy atom. The van der Waals surface area contributed by atoms with Gasteiger partial charge >= 0.3 is 5.97 Å². The van der Waals surface area contributed by atoms with Crippen LogP contribution < -0.4 is 15.4 Å². The minimum Gasteiger partial charge on any atom is -0.496 e. The predicted octanol–water partition coefficient (Wildman–Crippen LogP) is 1.82. The molecule has 2 rings (SSSR count).